The molecule has 9 heteroatoms. The zero-order valence-electron chi connectivity index (χ0n) is 13.1. The van der Waals surface area contributed by atoms with E-state index in [1.807, 2.05) is 20.8 Å². The van der Waals surface area contributed by atoms with Gasteiger partial charge in [0.25, 0.3) is 0 Å². The minimum absolute atomic E-state index is 0.0145. The van der Waals surface area contributed by atoms with Gasteiger partial charge in [-0.2, -0.15) is 0 Å². The quantitative estimate of drug-likeness (QED) is 0.762. The smallest absolute Gasteiger partial charge is 0.241 e. The van der Waals surface area contributed by atoms with Crippen LogP contribution in [0.2, 0.25) is 5.02 Å². The lowest BCUT2D eigenvalue weighted by Gasteiger charge is -2.22. The van der Waals surface area contributed by atoms with Crippen molar-refractivity contribution in [2.75, 3.05) is 0 Å². The zero-order valence-corrected chi connectivity index (χ0v) is 15.5. The molecule has 0 saturated carbocycles. The van der Waals surface area contributed by atoms with E-state index in [1.165, 1.54) is 12.1 Å². The maximum Gasteiger partial charge on any atom is 0.241 e. The summed E-state index contributed by atoms with van der Waals surface area (Å²) in [6.45, 7) is 6.37. The van der Waals surface area contributed by atoms with Crippen LogP contribution in [0.1, 0.15) is 32.6 Å². The lowest BCUT2D eigenvalue weighted by molar-refractivity contribution is 0.424. The molecule has 0 spiro atoms. The normalized spacial score (nSPS) is 13.5. The summed E-state index contributed by atoms with van der Waals surface area (Å²) in [5, 5.41) is 8.96. The molecule has 1 heterocycles. The van der Waals surface area contributed by atoms with E-state index < -0.39 is 16.1 Å². The number of benzene rings is 1. The summed E-state index contributed by atoms with van der Waals surface area (Å²) < 4.78 is 29.7. The van der Waals surface area contributed by atoms with Gasteiger partial charge in [0.15, 0.2) is 11.0 Å². The predicted molar refractivity (Wildman–Crippen MR) is 92.3 cm³/mol. The van der Waals surface area contributed by atoms with Crippen LogP contribution in [-0.4, -0.2) is 23.2 Å². The van der Waals surface area contributed by atoms with Crippen molar-refractivity contribution in [1.29, 1.82) is 0 Å². The average molecular weight is 375 g/mol. The number of halogens is 1. The van der Waals surface area contributed by atoms with Gasteiger partial charge in [-0.05, 0) is 37.1 Å². The van der Waals surface area contributed by atoms with Crippen molar-refractivity contribution in [1.82, 2.24) is 19.5 Å². The summed E-state index contributed by atoms with van der Waals surface area (Å²) in [5.41, 5.74) is 0. The monoisotopic (exact) mass is 374 g/mol. The van der Waals surface area contributed by atoms with Gasteiger partial charge in [0.2, 0.25) is 10.0 Å². The number of nitrogens with one attached hydrogen (secondary N) is 1. The van der Waals surface area contributed by atoms with Crippen molar-refractivity contribution in [3.05, 3.63) is 35.1 Å². The molecule has 0 fully saturated rings. The van der Waals surface area contributed by atoms with Crippen LogP contribution in [0, 0.1) is 5.92 Å². The lowest BCUT2D eigenvalue weighted by atomic mass is 10.1. The van der Waals surface area contributed by atoms with Gasteiger partial charge < -0.3 is 4.57 Å². The summed E-state index contributed by atoms with van der Waals surface area (Å²) in [6.07, 6.45) is 0. The minimum atomic E-state index is -3.70. The highest BCUT2D eigenvalue weighted by Gasteiger charge is 2.28. The number of nitrogens with zero attached hydrogens (tertiary/aromatic N) is 3. The lowest BCUT2D eigenvalue weighted by Crippen LogP contribution is -2.33. The molecule has 0 amide bonds. The highest BCUT2D eigenvalue weighted by Crippen LogP contribution is 2.25. The molecule has 1 unspecified atom stereocenters. The number of hydrogen-bond donors (Lipinski definition) is 2. The molecule has 0 bridgehead atoms. The first-order valence-corrected chi connectivity index (χ1v) is 9.47. The van der Waals surface area contributed by atoms with Crippen molar-refractivity contribution < 1.29 is 8.42 Å². The fourth-order valence-electron chi connectivity index (χ4n) is 2.18. The Balaban J connectivity index is 2.38. The first-order valence-electron chi connectivity index (χ1n) is 7.16. The first-order chi connectivity index (χ1) is 10.8. The standard InChI is InChI=1S/C14H19ClN4O2S2/c1-4-19-13(16-17-14(19)22)12(9(2)3)18-23(20,21)11-7-5-10(15)6-8-11/h5-9,12,18H,4H2,1-3H3,(H,17,22). The minimum Gasteiger partial charge on any atom is -0.305 e. The van der Waals surface area contributed by atoms with Gasteiger partial charge in [-0.15, -0.1) is 22.8 Å². The molecular formula is C14H19ClN4O2S2. The van der Waals surface area contributed by atoms with E-state index in [0.29, 0.717) is 22.5 Å². The molecule has 1 N–H and O–H groups in total. The third-order valence-corrected chi connectivity index (χ3v) is 5.47. The molecule has 126 valence electrons. The van der Waals surface area contributed by atoms with Crippen LogP contribution in [0.15, 0.2) is 34.3 Å². The van der Waals surface area contributed by atoms with Crippen molar-refractivity contribution in [2.45, 2.75) is 43.4 Å². The SMILES string of the molecule is CCn1c(S)nnc1C(NS(=O)(=O)c1ccc(Cl)cc1)C(C)C. The second-order valence-electron chi connectivity index (χ2n) is 5.40. The zero-order chi connectivity index (χ0) is 17.2. The molecule has 6 nitrogen and oxygen atoms in total. The third-order valence-electron chi connectivity index (χ3n) is 3.43. The molecule has 0 aliphatic rings. The van der Waals surface area contributed by atoms with E-state index in [-0.39, 0.29) is 10.8 Å². The van der Waals surface area contributed by atoms with Gasteiger partial charge in [-0.3, -0.25) is 0 Å². The fourth-order valence-corrected chi connectivity index (χ4v) is 3.93. The van der Waals surface area contributed by atoms with Crippen LogP contribution >= 0.6 is 24.2 Å². The van der Waals surface area contributed by atoms with Gasteiger partial charge in [-0.25, -0.2) is 13.1 Å². The fraction of sp³-hybridized carbons (Fsp3) is 0.429. The second kappa shape index (κ2) is 7.21. The number of thiol groups is 1. The second-order valence-corrected chi connectivity index (χ2v) is 7.95. The number of sulfonamides is 1. The highest BCUT2D eigenvalue weighted by molar-refractivity contribution is 7.89. The van der Waals surface area contributed by atoms with Gasteiger partial charge in [0.05, 0.1) is 10.9 Å². The summed E-state index contributed by atoms with van der Waals surface area (Å²) in [7, 11) is -3.70. The van der Waals surface area contributed by atoms with E-state index >= 15 is 0 Å². The van der Waals surface area contributed by atoms with E-state index in [1.54, 1.807) is 16.7 Å². The van der Waals surface area contributed by atoms with E-state index in [4.69, 9.17) is 11.6 Å². The Bertz CT molecular complexity index is 773. The van der Waals surface area contributed by atoms with E-state index in [2.05, 4.69) is 27.5 Å². The summed E-state index contributed by atoms with van der Waals surface area (Å²) in [4.78, 5) is 0.154. The Morgan fingerprint density at radius 1 is 1.26 bits per heavy atom. The topological polar surface area (TPSA) is 76.9 Å². The van der Waals surface area contributed by atoms with Crippen molar-refractivity contribution in [3.8, 4) is 0 Å². The maximum atomic E-state index is 12.6. The van der Waals surface area contributed by atoms with Crippen LogP contribution in [0.25, 0.3) is 0 Å². The van der Waals surface area contributed by atoms with E-state index in [0.717, 1.165) is 0 Å². The van der Waals surface area contributed by atoms with Crippen LogP contribution in [-0.2, 0) is 16.6 Å². The maximum absolute atomic E-state index is 12.6. The van der Waals surface area contributed by atoms with Gasteiger partial charge >= 0.3 is 0 Å². The first kappa shape index (κ1) is 18.3. The van der Waals surface area contributed by atoms with Crippen molar-refractivity contribution >= 4 is 34.3 Å². The Morgan fingerprint density at radius 2 is 1.87 bits per heavy atom. The van der Waals surface area contributed by atoms with Crippen molar-refractivity contribution in [3.63, 3.8) is 0 Å². The highest BCUT2D eigenvalue weighted by atomic mass is 35.5. The van der Waals surface area contributed by atoms with Crippen molar-refractivity contribution in [2.24, 2.45) is 5.92 Å². The van der Waals surface area contributed by atoms with Gasteiger partial charge in [-0.1, -0.05) is 25.4 Å². The molecule has 2 rings (SSSR count). The molecule has 1 aromatic heterocycles. The Hall–Kier alpha value is -1.09. The average Bonchev–Trinajstić information content (AvgIpc) is 2.85. The molecule has 0 aliphatic heterocycles. The number of aromatic nitrogens is 3. The van der Waals surface area contributed by atoms with Gasteiger partial charge in [0, 0.05) is 11.6 Å². The number of hydrogen-bond acceptors (Lipinski definition) is 5. The van der Waals surface area contributed by atoms with E-state index in [9.17, 15) is 8.42 Å². The summed E-state index contributed by atoms with van der Waals surface area (Å²) >= 11 is 10.1. The predicted octanol–water partition coefficient (Wildman–Crippen LogP) is 2.92. The Labute approximate surface area is 146 Å². The third kappa shape index (κ3) is 4.06. The molecular weight excluding hydrogens is 356 g/mol. The van der Waals surface area contributed by atoms with Crippen LogP contribution in [0.3, 0.4) is 0 Å². The largest absolute Gasteiger partial charge is 0.305 e. The summed E-state index contributed by atoms with van der Waals surface area (Å²) in [5.74, 6) is 0.532. The molecule has 0 saturated heterocycles. The molecule has 2 aromatic rings. The van der Waals surface area contributed by atoms with Crippen LogP contribution in [0.4, 0.5) is 0 Å². The Morgan fingerprint density at radius 3 is 2.39 bits per heavy atom. The van der Waals surface area contributed by atoms with Crippen LogP contribution < -0.4 is 4.72 Å². The summed E-state index contributed by atoms with van der Waals surface area (Å²) in [6, 6.07) is 5.51. The Kier molecular flexibility index (Phi) is 5.72. The van der Waals surface area contributed by atoms with Crippen LogP contribution in [0.5, 0.6) is 0 Å². The van der Waals surface area contributed by atoms with Gasteiger partial charge in [0.1, 0.15) is 0 Å². The molecule has 1 aromatic carbocycles. The molecule has 0 aliphatic carbocycles. The number of rotatable bonds is 6. The molecule has 23 heavy (non-hydrogen) atoms. The molecule has 0 radical (unpaired) electrons. The molecule has 1 atom stereocenters.